The van der Waals surface area contributed by atoms with Gasteiger partial charge in [-0.2, -0.15) is 0 Å². The molecule has 1 aromatic rings. The Hall–Kier alpha value is -1.59. The van der Waals surface area contributed by atoms with Crippen molar-refractivity contribution in [3.8, 4) is 0 Å². The van der Waals surface area contributed by atoms with Crippen LogP contribution in [0.4, 0.5) is 10.5 Å². The van der Waals surface area contributed by atoms with Crippen LogP contribution in [0.3, 0.4) is 0 Å². The molecular weight excluding hydrogens is 314 g/mol. The van der Waals surface area contributed by atoms with Gasteiger partial charge in [0, 0.05) is 44.0 Å². The van der Waals surface area contributed by atoms with Gasteiger partial charge in [-0.15, -0.1) is 0 Å². The zero-order chi connectivity index (χ0) is 17.7. The molecular formula is C20H31N3O2. The number of amides is 2. The van der Waals surface area contributed by atoms with Crippen LogP contribution in [-0.4, -0.2) is 57.4 Å². The molecule has 1 fully saturated rings. The highest BCUT2D eigenvalue weighted by atomic mass is 16.5. The fourth-order valence-electron chi connectivity index (χ4n) is 3.99. The van der Waals surface area contributed by atoms with Gasteiger partial charge in [-0.25, -0.2) is 4.79 Å². The molecule has 0 saturated carbocycles. The van der Waals surface area contributed by atoms with E-state index in [9.17, 15) is 4.79 Å². The standard InChI is InChI=1S/C20H31N3O2/c1-3-4-12-22(2)13-11-21-19(24)23-16-20(9-14-25-15-10-20)17-7-5-6-8-18(17)23/h5-8H,3-4,9-16H2,1-2H3,(H,21,24). The van der Waals surface area contributed by atoms with Gasteiger partial charge in [0.15, 0.2) is 0 Å². The number of anilines is 1. The number of urea groups is 1. The number of nitrogens with zero attached hydrogens (tertiary/aromatic N) is 2. The predicted molar refractivity (Wildman–Crippen MR) is 101 cm³/mol. The number of benzene rings is 1. The van der Waals surface area contributed by atoms with Gasteiger partial charge in [0.05, 0.1) is 0 Å². The average molecular weight is 345 g/mol. The highest BCUT2D eigenvalue weighted by Gasteiger charge is 2.45. The molecule has 1 aromatic carbocycles. The summed E-state index contributed by atoms with van der Waals surface area (Å²) < 4.78 is 5.57. The lowest BCUT2D eigenvalue weighted by atomic mass is 9.76. The van der Waals surface area contributed by atoms with Gasteiger partial charge in [0.2, 0.25) is 0 Å². The molecule has 2 amide bonds. The summed E-state index contributed by atoms with van der Waals surface area (Å²) >= 11 is 0. The van der Waals surface area contributed by atoms with E-state index in [1.807, 2.05) is 11.0 Å². The van der Waals surface area contributed by atoms with Gasteiger partial charge < -0.3 is 15.0 Å². The molecule has 5 heteroatoms. The second-order valence-corrected chi connectivity index (χ2v) is 7.38. The Morgan fingerprint density at radius 1 is 1.28 bits per heavy atom. The first kappa shape index (κ1) is 18.2. The number of carbonyl (C=O) groups excluding carboxylic acids is 1. The normalized spacial score (nSPS) is 18.6. The van der Waals surface area contributed by atoms with Gasteiger partial charge in [-0.1, -0.05) is 31.5 Å². The smallest absolute Gasteiger partial charge is 0.321 e. The number of ether oxygens (including phenoxy) is 1. The van der Waals surface area contributed by atoms with E-state index in [0.717, 1.165) is 51.4 Å². The molecule has 2 aliphatic heterocycles. The lowest BCUT2D eigenvalue weighted by Gasteiger charge is -2.34. The van der Waals surface area contributed by atoms with Crippen LogP contribution in [0.2, 0.25) is 0 Å². The van der Waals surface area contributed by atoms with Gasteiger partial charge in [0.1, 0.15) is 0 Å². The molecule has 0 aromatic heterocycles. The maximum Gasteiger partial charge on any atom is 0.321 e. The maximum absolute atomic E-state index is 12.8. The minimum atomic E-state index is 0.0275. The van der Waals surface area contributed by atoms with Crippen LogP contribution >= 0.6 is 0 Å². The van der Waals surface area contributed by atoms with Gasteiger partial charge in [-0.3, -0.25) is 4.90 Å². The minimum Gasteiger partial charge on any atom is -0.381 e. The third-order valence-electron chi connectivity index (χ3n) is 5.59. The van der Waals surface area contributed by atoms with Crippen molar-refractivity contribution in [3.05, 3.63) is 29.8 Å². The largest absolute Gasteiger partial charge is 0.381 e. The number of fused-ring (bicyclic) bond motifs is 2. The Kier molecular flexibility index (Phi) is 5.97. The van der Waals surface area contributed by atoms with E-state index in [1.54, 1.807) is 0 Å². The van der Waals surface area contributed by atoms with E-state index in [-0.39, 0.29) is 11.4 Å². The molecule has 0 unspecified atom stereocenters. The number of likely N-dealkylation sites (N-methyl/N-ethyl adjacent to an activating group) is 1. The molecule has 5 nitrogen and oxygen atoms in total. The highest BCUT2D eigenvalue weighted by molar-refractivity contribution is 5.95. The molecule has 0 radical (unpaired) electrons. The highest BCUT2D eigenvalue weighted by Crippen LogP contribution is 2.46. The summed E-state index contributed by atoms with van der Waals surface area (Å²) in [5.74, 6) is 0. The first-order valence-electron chi connectivity index (χ1n) is 9.57. The van der Waals surface area contributed by atoms with Gasteiger partial charge in [0.25, 0.3) is 0 Å². The molecule has 2 heterocycles. The molecule has 0 aliphatic carbocycles. The van der Waals surface area contributed by atoms with Crippen molar-refractivity contribution in [2.45, 2.75) is 38.0 Å². The summed E-state index contributed by atoms with van der Waals surface area (Å²) in [6.07, 6.45) is 4.39. The van der Waals surface area contributed by atoms with Crippen LogP contribution in [0.15, 0.2) is 24.3 Å². The number of unbranched alkanes of at least 4 members (excludes halogenated alkanes) is 1. The van der Waals surface area contributed by atoms with Crippen LogP contribution in [0.5, 0.6) is 0 Å². The zero-order valence-electron chi connectivity index (χ0n) is 15.6. The SMILES string of the molecule is CCCCN(C)CCNC(=O)N1CC2(CCOCC2)c2ccccc21. The molecule has 1 saturated heterocycles. The first-order valence-corrected chi connectivity index (χ1v) is 9.57. The molecule has 0 bridgehead atoms. The van der Waals surface area contributed by atoms with Crippen molar-refractivity contribution in [1.82, 2.24) is 10.2 Å². The Bertz CT molecular complexity index is 584. The fraction of sp³-hybridized carbons (Fsp3) is 0.650. The third-order valence-corrected chi connectivity index (χ3v) is 5.59. The Morgan fingerprint density at radius 3 is 2.80 bits per heavy atom. The van der Waals surface area contributed by atoms with Crippen LogP contribution < -0.4 is 10.2 Å². The first-order chi connectivity index (χ1) is 12.2. The van der Waals surface area contributed by atoms with Crippen LogP contribution in [0.1, 0.15) is 38.2 Å². The molecule has 25 heavy (non-hydrogen) atoms. The lowest BCUT2D eigenvalue weighted by Crippen LogP contribution is -2.46. The average Bonchev–Trinajstić information content (AvgIpc) is 2.95. The summed E-state index contributed by atoms with van der Waals surface area (Å²) in [6, 6.07) is 8.40. The second kappa shape index (κ2) is 8.19. The summed E-state index contributed by atoms with van der Waals surface area (Å²) in [5.41, 5.74) is 2.46. The molecule has 2 aliphatic rings. The van der Waals surface area contributed by atoms with E-state index in [1.165, 1.54) is 18.4 Å². The molecule has 1 spiro atoms. The van der Waals surface area contributed by atoms with Crippen molar-refractivity contribution in [2.75, 3.05) is 51.3 Å². The maximum atomic E-state index is 12.8. The fourth-order valence-corrected chi connectivity index (χ4v) is 3.99. The van der Waals surface area contributed by atoms with Crippen molar-refractivity contribution in [1.29, 1.82) is 0 Å². The second-order valence-electron chi connectivity index (χ2n) is 7.38. The summed E-state index contributed by atoms with van der Waals surface area (Å²) in [5, 5.41) is 3.11. The van der Waals surface area contributed by atoms with E-state index >= 15 is 0 Å². The van der Waals surface area contributed by atoms with E-state index < -0.39 is 0 Å². The number of para-hydroxylation sites is 1. The number of nitrogens with one attached hydrogen (secondary N) is 1. The lowest BCUT2D eigenvalue weighted by molar-refractivity contribution is 0.0556. The van der Waals surface area contributed by atoms with Crippen molar-refractivity contribution < 1.29 is 9.53 Å². The molecule has 1 N–H and O–H groups in total. The van der Waals surface area contributed by atoms with Crippen molar-refractivity contribution >= 4 is 11.7 Å². The molecule has 0 atom stereocenters. The Morgan fingerprint density at radius 2 is 2.04 bits per heavy atom. The van der Waals surface area contributed by atoms with Crippen molar-refractivity contribution in [3.63, 3.8) is 0 Å². The third kappa shape index (κ3) is 3.98. The number of hydrogen-bond acceptors (Lipinski definition) is 3. The summed E-state index contributed by atoms with van der Waals surface area (Å²) in [6.45, 7) is 7.20. The van der Waals surface area contributed by atoms with Gasteiger partial charge >= 0.3 is 6.03 Å². The number of carbonyl (C=O) groups is 1. The number of hydrogen-bond donors (Lipinski definition) is 1. The summed E-state index contributed by atoms with van der Waals surface area (Å²) in [4.78, 5) is 17.0. The minimum absolute atomic E-state index is 0.0275. The van der Waals surface area contributed by atoms with Crippen LogP contribution in [0.25, 0.3) is 0 Å². The zero-order valence-corrected chi connectivity index (χ0v) is 15.6. The molecule has 138 valence electrons. The van der Waals surface area contributed by atoms with Crippen LogP contribution in [-0.2, 0) is 10.2 Å². The molecule has 3 rings (SSSR count). The quantitative estimate of drug-likeness (QED) is 0.862. The Labute approximate surface area is 151 Å². The van der Waals surface area contributed by atoms with Crippen molar-refractivity contribution in [2.24, 2.45) is 0 Å². The van der Waals surface area contributed by atoms with Gasteiger partial charge in [-0.05, 0) is 44.5 Å². The van der Waals surface area contributed by atoms with E-state index in [4.69, 9.17) is 4.74 Å². The predicted octanol–water partition coefficient (Wildman–Crippen LogP) is 3.00. The monoisotopic (exact) mass is 345 g/mol. The number of rotatable bonds is 6. The Balaban J connectivity index is 1.61. The van der Waals surface area contributed by atoms with E-state index in [0.29, 0.717) is 6.54 Å². The summed E-state index contributed by atoms with van der Waals surface area (Å²) in [7, 11) is 2.12. The topological polar surface area (TPSA) is 44.8 Å². The van der Waals surface area contributed by atoms with E-state index in [2.05, 4.69) is 42.4 Å². The van der Waals surface area contributed by atoms with Crippen LogP contribution in [0, 0.1) is 0 Å².